The van der Waals surface area contributed by atoms with E-state index in [4.69, 9.17) is 16.0 Å². The van der Waals surface area contributed by atoms with Crippen LogP contribution in [0.15, 0.2) is 46.0 Å². The van der Waals surface area contributed by atoms with E-state index in [1.54, 1.807) is 24.4 Å². The highest BCUT2D eigenvalue weighted by molar-refractivity contribution is 7.89. The molecular formula is C17H18ClN3O3S. The molecule has 0 saturated heterocycles. The highest BCUT2D eigenvalue weighted by Gasteiger charge is 2.37. The zero-order valence-corrected chi connectivity index (χ0v) is 15.5. The third-order valence-electron chi connectivity index (χ3n) is 4.64. The van der Waals surface area contributed by atoms with Gasteiger partial charge in [-0.3, -0.25) is 4.40 Å². The molecule has 0 bridgehead atoms. The molecule has 2 atom stereocenters. The predicted octanol–water partition coefficient (Wildman–Crippen LogP) is 3.52. The van der Waals surface area contributed by atoms with E-state index < -0.39 is 10.0 Å². The van der Waals surface area contributed by atoms with E-state index in [1.165, 1.54) is 15.8 Å². The summed E-state index contributed by atoms with van der Waals surface area (Å²) in [4.78, 5) is 4.11. The van der Waals surface area contributed by atoms with E-state index in [1.807, 2.05) is 12.1 Å². The lowest BCUT2D eigenvalue weighted by Gasteiger charge is -2.15. The summed E-state index contributed by atoms with van der Waals surface area (Å²) in [7, 11) is -2.31. The summed E-state index contributed by atoms with van der Waals surface area (Å²) in [5.41, 5.74) is 0.488. The van der Waals surface area contributed by atoms with Crippen LogP contribution in [0.2, 0.25) is 5.15 Å². The SMILES string of the molecule is CC1CC1c1ccc(CN(C)S(=O)(=O)c2c(Cl)nc3ccccn23)o1. The lowest BCUT2D eigenvalue weighted by atomic mass is 10.3. The number of halogens is 1. The maximum Gasteiger partial charge on any atom is 0.262 e. The molecule has 3 aromatic heterocycles. The van der Waals surface area contributed by atoms with Crippen molar-refractivity contribution in [1.29, 1.82) is 0 Å². The van der Waals surface area contributed by atoms with E-state index in [-0.39, 0.29) is 16.7 Å². The van der Waals surface area contributed by atoms with E-state index in [0.29, 0.717) is 23.2 Å². The minimum Gasteiger partial charge on any atom is -0.464 e. The first-order valence-corrected chi connectivity index (χ1v) is 9.87. The third-order valence-corrected chi connectivity index (χ3v) is 6.84. The average molecular weight is 380 g/mol. The molecule has 1 saturated carbocycles. The van der Waals surface area contributed by atoms with E-state index >= 15 is 0 Å². The van der Waals surface area contributed by atoms with Gasteiger partial charge in [0, 0.05) is 19.2 Å². The number of fused-ring (bicyclic) bond motifs is 1. The molecule has 0 aromatic carbocycles. The minimum atomic E-state index is -3.82. The van der Waals surface area contributed by atoms with Crippen LogP contribution in [0, 0.1) is 5.92 Å². The van der Waals surface area contributed by atoms with Gasteiger partial charge < -0.3 is 4.42 Å². The summed E-state index contributed by atoms with van der Waals surface area (Å²) in [6.45, 7) is 2.32. The van der Waals surface area contributed by atoms with Crippen LogP contribution in [-0.2, 0) is 16.6 Å². The Morgan fingerprint density at radius 2 is 2.12 bits per heavy atom. The van der Waals surface area contributed by atoms with Crippen LogP contribution in [0.1, 0.15) is 30.8 Å². The maximum absolute atomic E-state index is 13.0. The van der Waals surface area contributed by atoms with Crippen molar-refractivity contribution in [2.75, 3.05) is 7.05 Å². The molecule has 1 aliphatic rings. The Labute approximate surface area is 151 Å². The van der Waals surface area contributed by atoms with Gasteiger partial charge in [-0.2, -0.15) is 4.31 Å². The molecule has 0 N–H and O–H groups in total. The van der Waals surface area contributed by atoms with Gasteiger partial charge in [-0.15, -0.1) is 0 Å². The van der Waals surface area contributed by atoms with Crippen LogP contribution < -0.4 is 0 Å². The number of hydrogen-bond acceptors (Lipinski definition) is 4. The van der Waals surface area contributed by atoms with E-state index in [0.717, 1.165) is 12.2 Å². The molecular weight excluding hydrogens is 362 g/mol. The Kier molecular flexibility index (Phi) is 3.90. The van der Waals surface area contributed by atoms with Crippen molar-refractivity contribution in [3.63, 3.8) is 0 Å². The van der Waals surface area contributed by atoms with Crippen LogP contribution in [-0.4, -0.2) is 29.2 Å². The molecule has 0 aliphatic heterocycles. The van der Waals surface area contributed by atoms with Crippen LogP contribution in [0.25, 0.3) is 5.65 Å². The minimum absolute atomic E-state index is 0.0325. The molecule has 3 heterocycles. The Hall–Kier alpha value is -1.83. The van der Waals surface area contributed by atoms with Crippen molar-refractivity contribution in [2.24, 2.45) is 5.92 Å². The van der Waals surface area contributed by atoms with E-state index in [9.17, 15) is 8.42 Å². The fraction of sp³-hybridized carbons (Fsp3) is 0.353. The van der Waals surface area contributed by atoms with Gasteiger partial charge in [0.15, 0.2) is 10.2 Å². The Bertz CT molecular complexity index is 1040. The average Bonchev–Trinajstić information content (AvgIpc) is 2.97. The van der Waals surface area contributed by atoms with Gasteiger partial charge in [0.05, 0.1) is 6.54 Å². The standard InChI is InChI=1S/C17H18ClN3O3S/c1-11-9-13(11)14-7-6-12(24-14)10-20(2)25(22,23)17-16(18)19-15-5-3-4-8-21(15)17/h3-8,11,13H,9-10H2,1-2H3. The monoisotopic (exact) mass is 379 g/mol. The molecule has 0 spiro atoms. The van der Waals surface area contributed by atoms with Crippen LogP contribution in [0.5, 0.6) is 0 Å². The lowest BCUT2D eigenvalue weighted by Crippen LogP contribution is -2.27. The van der Waals surface area contributed by atoms with Gasteiger partial charge in [0.25, 0.3) is 10.0 Å². The molecule has 4 rings (SSSR count). The number of aromatic nitrogens is 2. The van der Waals surface area contributed by atoms with Gasteiger partial charge in [-0.1, -0.05) is 24.6 Å². The molecule has 0 radical (unpaired) electrons. The molecule has 8 heteroatoms. The second-order valence-corrected chi connectivity index (χ2v) is 8.84. The first kappa shape index (κ1) is 16.6. The predicted molar refractivity (Wildman–Crippen MR) is 94.1 cm³/mol. The van der Waals surface area contributed by atoms with Crippen molar-refractivity contribution in [2.45, 2.75) is 30.8 Å². The zero-order valence-electron chi connectivity index (χ0n) is 13.9. The van der Waals surface area contributed by atoms with Crippen molar-refractivity contribution in [3.05, 3.63) is 53.2 Å². The molecule has 1 aliphatic carbocycles. The summed E-state index contributed by atoms with van der Waals surface area (Å²) in [5.74, 6) is 2.65. The molecule has 0 amide bonds. The summed E-state index contributed by atoms with van der Waals surface area (Å²) >= 11 is 6.11. The second kappa shape index (κ2) is 5.86. The highest BCUT2D eigenvalue weighted by Crippen LogP contribution is 2.47. The summed E-state index contributed by atoms with van der Waals surface area (Å²) in [5, 5.41) is -0.0696. The number of pyridine rings is 1. The molecule has 25 heavy (non-hydrogen) atoms. The van der Waals surface area contributed by atoms with Gasteiger partial charge in [0.1, 0.15) is 17.2 Å². The fourth-order valence-electron chi connectivity index (χ4n) is 3.02. The van der Waals surface area contributed by atoms with Gasteiger partial charge in [-0.25, -0.2) is 13.4 Å². The summed E-state index contributed by atoms with van der Waals surface area (Å²) in [6, 6.07) is 9.00. The zero-order chi connectivity index (χ0) is 17.8. The summed E-state index contributed by atoms with van der Waals surface area (Å²) in [6.07, 6.45) is 2.76. The van der Waals surface area contributed by atoms with Gasteiger partial charge in [0.2, 0.25) is 0 Å². The van der Waals surface area contributed by atoms with Gasteiger partial charge in [-0.05, 0) is 36.6 Å². The van der Waals surface area contributed by atoms with E-state index in [2.05, 4.69) is 11.9 Å². The number of sulfonamides is 1. The summed E-state index contributed by atoms with van der Waals surface area (Å²) < 4.78 is 34.5. The maximum atomic E-state index is 13.0. The highest BCUT2D eigenvalue weighted by atomic mass is 35.5. The van der Waals surface area contributed by atoms with Crippen LogP contribution >= 0.6 is 11.6 Å². The quantitative estimate of drug-likeness (QED) is 0.680. The normalized spacial score (nSPS) is 20.5. The number of imidazole rings is 1. The number of rotatable bonds is 5. The topological polar surface area (TPSA) is 67.8 Å². The smallest absolute Gasteiger partial charge is 0.262 e. The van der Waals surface area contributed by atoms with Crippen molar-refractivity contribution < 1.29 is 12.8 Å². The first-order valence-electron chi connectivity index (χ1n) is 8.05. The first-order chi connectivity index (χ1) is 11.9. The Balaban J connectivity index is 1.63. The number of furan rings is 1. The molecule has 2 unspecified atom stereocenters. The number of hydrogen-bond donors (Lipinski definition) is 0. The molecule has 3 aromatic rings. The second-order valence-electron chi connectivity index (χ2n) is 6.52. The Morgan fingerprint density at radius 1 is 1.36 bits per heavy atom. The largest absolute Gasteiger partial charge is 0.464 e. The fourth-order valence-corrected chi connectivity index (χ4v) is 4.75. The van der Waals surface area contributed by atoms with Crippen molar-refractivity contribution >= 4 is 27.3 Å². The van der Waals surface area contributed by atoms with Crippen molar-refractivity contribution in [3.8, 4) is 0 Å². The third kappa shape index (κ3) is 2.86. The van der Waals surface area contributed by atoms with Crippen LogP contribution in [0.3, 0.4) is 0 Å². The molecule has 1 fully saturated rings. The Morgan fingerprint density at radius 3 is 2.84 bits per heavy atom. The molecule has 6 nitrogen and oxygen atoms in total. The molecule has 132 valence electrons. The van der Waals surface area contributed by atoms with Crippen molar-refractivity contribution in [1.82, 2.24) is 13.7 Å². The van der Waals surface area contributed by atoms with Gasteiger partial charge >= 0.3 is 0 Å². The number of nitrogens with zero attached hydrogens (tertiary/aromatic N) is 3. The lowest BCUT2D eigenvalue weighted by molar-refractivity contribution is 0.388. The van der Waals surface area contributed by atoms with Crippen LogP contribution in [0.4, 0.5) is 0 Å².